The molecule has 2 atom stereocenters. The van der Waals surface area contributed by atoms with E-state index in [0.717, 1.165) is 5.57 Å². The number of rotatable bonds is 0. The van der Waals surface area contributed by atoms with Crippen LogP contribution in [0.4, 0.5) is 0 Å². The fourth-order valence-electron chi connectivity index (χ4n) is 4.83. The van der Waals surface area contributed by atoms with Crippen molar-refractivity contribution in [3.05, 3.63) is 117 Å². The van der Waals surface area contributed by atoms with Crippen molar-refractivity contribution in [2.24, 2.45) is 11.8 Å². The van der Waals surface area contributed by atoms with Gasteiger partial charge < -0.3 is 0 Å². The fourth-order valence-corrected chi connectivity index (χ4v) is 4.83. The van der Waals surface area contributed by atoms with Crippen LogP contribution in [0.15, 0.2) is 106 Å². The topological polar surface area (TPSA) is 34.1 Å². The van der Waals surface area contributed by atoms with E-state index in [0.29, 0.717) is 22.3 Å². The second kappa shape index (κ2) is 4.67. The van der Waals surface area contributed by atoms with Gasteiger partial charge in [0.05, 0.1) is 0 Å². The van der Waals surface area contributed by atoms with E-state index >= 15 is 0 Å². The summed E-state index contributed by atoms with van der Waals surface area (Å²) in [5.74, 6) is 0.248. The van der Waals surface area contributed by atoms with Crippen LogP contribution in [0, 0.1) is 11.8 Å². The van der Waals surface area contributed by atoms with Crippen LogP contribution >= 0.6 is 0 Å². The van der Waals surface area contributed by atoms with E-state index in [9.17, 15) is 9.59 Å². The Morgan fingerprint density at radius 2 is 1.50 bits per heavy atom. The average Bonchev–Trinajstić information content (AvgIpc) is 3.01. The predicted octanol–water partition coefficient (Wildman–Crippen LogP) is 4.47. The molecule has 122 valence electrons. The molecule has 0 aliphatic heterocycles. The average molecular weight is 334 g/mol. The van der Waals surface area contributed by atoms with Gasteiger partial charge in [-0.3, -0.25) is 9.59 Å². The minimum Gasteiger partial charge on any atom is -0.289 e. The highest BCUT2D eigenvalue weighted by atomic mass is 16.1. The van der Waals surface area contributed by atoms with E-state index in [1.54, 1.807) is 12.1 Å². The molecule has 26 heavy (non-hydrogen) atoms. The van der Waals surface area contributed by atoms with Gasteiger partial charge in [-0.1, -0.05) is 66.8 Å². The van der Waals surface area contributed by atoms with Gasteiger partial charge in [-0.2, -0.15) is 0 Å². The Bertz CT molecular complexity index is 1160. The molecule has 0 amide bonds. The quantitative estimate of drug-likeness (QED) is 0.702. The highest BCUT2D eigenvalue weighted by Crippen LogP contribution is 2.53. The molecular weight excluding hydrogens is 320 g/mol. The lowest BCUT2D eigenvalue weighted by molar-refractivity contribution is 0.0971. The molecule has 0 saturated carbocycles. The SMILES string of the molecule is O=C1C2=CC3=C4C=CC=C5C=CC=C(C3C=C2C(=O)c2ccccc21)C54. The van der Waals surface area contributed by atoms with Crippen LogP contribution in [-0.2, 0) is 0 Å². The van der Waals surface area contributed by atoms with Crippen LogP contribution in [0.5, 0.6) is 0 Å². The summed E-state index contributed by atoms with van der Waals surface area (Å²) in [6.07, 6.45) is 16.8. The lowest BCUT2D eigenvalue weighted by Gasteiger charge is -2.26. The molecule has 5 aliphatic rings. The standard InChI is InChI=1S/C24H14O2/c25-23-16-7-1-2-8-17(16)24(26)21-12-19-15-10-4-6-13-5-3-9-14(22(13)15)18(19)11-20(21)23/h1-12,18,22H. The van der Waals surface area contributed by atoms with Gasteiger partial charge >= 0.3 is 0 Å². The Morgan fingerprint density at radius 1 is 0.769 bits per heavy atom. The summed E-state index contributed by atoms with van der Waals surface area (Å²) in [6.45, 7) is 0. The van der Waals surface area contributed by atoms with Crippen molar-refractivity contribution in [3.63, 3.8) is 0 Å². The first-order valence-electron chi connectivity index (χ1n) is 8.87. The first-order valence-corrected chi connectivity index (χ1v) is 8.87. The zero-order chi connectivity index (χ0) is 17.4. The zero-order valence-corrected chi connectivity index (χ0v) is 13.9. The van der Waals surface area contributed by atoms with E-state index in [2.05, 4.69) is 36.5 Å². The van der Waals surface area contributed by atoms with E-state index in [-0.39, 0.29) is 23.4 Å². The maximum atomic E-state index is 13.0. The van der Waals surface area contributed by atoms with Crippen LogP contribution in [0.25, 0.3) is 0 Å². The van der Waals surface area contributed by atoms with Gasteiger partial charge in [-0.15, -0.1) is 0 Å². The Hall–Kier alpha value is -3.26. The van der Waals surface area contributed by atoms with Gasteiger partial charge in [-0.05, 0) is 28.4 Å². The van der Waals surface area contributed by atoms with E-state index in [1.807, 2.05) is 24.3 Å². The van der Waals surface area contributed by atoms with Gasteiger partial charge in [0.25, 0.3) is 0 Å². The van der Waals surface area contributed by atoms with Crippen molar-refractivity contribution in [2.75, 3.05) is 0 Å². The molecule has 0 spiro atoms. The molecule has 0 heterocycles. The Balaban J connectivity index is 1.61. The van der Waals surface area contributed by atoms with E-state index in [1.165, 1.54) is 16.7 Å². The highest BCUT2D eigenvalue weighted by Gasteiger charge is 2.43. The first kappa shape index (κ1) is 14.0. The van der Waals surface area contributed by atoms with Gasteiger partial charge in [0.1, 0.15) is 0 Å². The molecule has 1 aromatic carbocycles. The maximum absolute atomic E-state index is 13.0. The third-order valence-electron chi connectivity index (χ3n) is 5.98. The Morgan fingerprint density at radius 3 is 2.31 bits per heavy atom. The molecule has 6 rings (SSSR count). The number of allylic oxidation sites excluding steroid dienone is 14. The third kappa shape index (κ3) is 1.57. The van der Waals surface area contributed by atoms with Gasteiger partial charge in [0.2, 0.25) is 0 Å². The molecule has 0 radical (unpaired) electrons. The molecule has 1 aromatic rings. The summed E-state index contributed by atoms with van der Waals surface area (Å²) in [4.78, 5) is 26.1. The number of hydrogen-bond donors (Lipinski definition) is 0. The second-order valence-electron chi connectivity index (χ2n) is 7.22. The normalized spacial score (nSPS) is 27.1. The fraction of sp³-hybridized carbons (Fsp3) is 0.0833. The van der Waals surface area contributed by atoms with Crippen LogP contribution in [0.3, 0.4) is 0 Å². The molecule has 2 unspecified atom stereocenters. The summed E-state index contributed by atoms with van der Waals surface area (Å²) < 4.78 is 0. The molecule has 0 bridgehead atoms. The number of Topliss-reactive ketones (excluding diaryl/α,β-unsaturated/α-hetero) is 2. The zero-order valence-electron chi connectivity index (χ0n) is 13.9. The molecule has 0 fully saturated rings. The molecule has 0 saturated heterocycles. The number of carbonyl (C=O) groups excluding carboxylic acids is 2. The van der Waals surface area contributed by atoms with E-state index < -0.39 is 0 Å². The lowest BCUT2D eigenvalue weighted by Crippen LogP contribution is -2.26. The molecule has 2 nitrogen and oxygen atoms in total. The molecule has 5 aliphatic carbocycles. The highest BCUT2D eigenvalue weighted by molar-refractivity contribution is 6.31. The molecule has 2 heteroatoms. The number of hydrogen-bond acceptors (Lipinski definition) is 2. The van der Waals surface area contributed by atoms with Crippen LogP contribution < -0.4 is 0 Å². The molecule has 0 aromatic heterocycles. The van der Waals surface area contributed by atoms with Crippen molar-refractivity contribution in [1.29, 1.82) is 0 Å². The Labute approximate surface area is 150 Å². The number of carbonyl (C=O) groups is 2. The summed E-state index contributed by atoms with van der Waals surface area (Å²) in [5.41, 5.74) is 7.14. The van der Waals surface area contributed by atoms with Crippen molar-refractivity contribution in [2.45, 2.75) is 0 Å². The van der Waals surface area contributed by atoms with Crippen LogP contribution in [0.1, 0.15) is 20.7 Å². The third-order valence-corrected chi connectivity index (χ3v) is 5.98. The second-order valence-corrected chi connectivity index (χ2v) is 7.22. The van der Waals surface area contributed by atoms with E-state index in [4.69, 9.17) is 0 Å². The summed E-state index contributed by atoms with van der Waals surface area (Å²) in [6, 6.07) is 7.13. The predicted molar refractivity (Wildman–Crippen MR) is 99.7 cm³/mol. The molecular formula is C24H14O2. The number of ketones is 2. The number of benzene rings is 1. The van der Waals surface area contributed by atoms with Crippen molar-refractivity contribution in [3.8, 4) is 0 Å². The largest absolute Gasteiger partial charge is 0.289 e. The smallest absolute Gasteiger partial charge is 0.194 e. The van der Waals surface area contributed by atoms with Gasteiger partial charge in [0.15, 0.2) is 11.6 Å². The van der Waals surface area contributed by atoms with Crippen molar-refractivity contribution >= 4 is 11.6 Å². The Kier molecular flexibility index (Phi) is 2.51. The summed E-state index contributed by atoms with van der Waals surface area (Å²) in [7, 11) is 0. The summed E-state index contributed by atoms with van der Waals surface area (Å²) in [5, 5.41) is 0. The lowest BCUT2D eigenvalue weighted by atomic mass is 9.75. The molecule has 0 N–H and O–H groups in total. The minimum absolute atomic E-state index is 0.0383. The van der Waals surface area contributed by atoms with Gasteiger partial charge in [0, 0.05) is 34.1 Å². The van der Waals surface area contributed by atoms with Crippen LogP contribution in [-0.4, -0.2) is 11.6 Å². The maximum Gasteiger partial charge on any atom is 0.194 e. The first-order chi connectivity index (χ1) is 12.7. The number of fused-ring (bicyclic) bond motifs is 4. The van der Waals surface area contributed by atoms with Crippen molar-refractivity contribution in [1.82, 2.24) is 0 Å². The van der Waals surface area contributed by atoms with Gasteiger partial charge in [-0.25, -0.2) is 0 Å². The van der Waals surface area contributed by atoms with Crippen molar-refractivity contribution < 1.29 is 9.59 Å². The van der Waals surface area contributed by atoms with Crippen LogP contribution in [0.2, 0.25) is 0 Å². The summed E-state index contributed by atoms with van der Waals surface area (Å²) >= 11 is 0. The monoisotopic (exact) mass is 334 g/mol. The minimum atomic E-state index is -0.0458.